The van der Waals surface area contributed by atoms with E-state index in [1.165, 1.54) is 0 Å². The first-order valence-electron chi connectivity index (χ1n) is 3.23. The average molecular weight is 139 g/mol. The maximum atomic E-state index is 5.22. The summed E-state index contributed by atoms with van der Waals surface area (Å²) in [7, 11) is 1.83. The van der Waals surface area contributed by atoms with Crippen molar-refractivity contribution in [3.05, 3.63) is 18.7 Å². The molecule has 0 saturated carbocycles. The van der Waals surface area contributed by atoms with Crippen molar-refractivity contribution in [3.63, 3.8) is 0 Å². The molecule has 10 heavy (non-hydrogen) atoms. The Labute approximate surface area is 60.6 Å². The number of ether oxygens (including phenoxy) is 1. The Morgan fingerprint density at radius 1 is 1.80 bits per heavy atom. The second kappa shape index (κ2) is 2.73. The number of aromatic nitrogens is 2. The van der Waals surface area contributed by atoms with Gasteiger partial charge in [-0.2, -0.15) is 5.10 Å². The van der Waals surface area contributed by atoms with Crippen LogP contribution in [-0.4, -0.2) is 16.4 Å². The quantitative estimate of drug-likeness (QED) is 0.611. The highest BCUT2D eigenvalue weighted by Crippen LogP contribution is 2.09. The van der Waals surface area contributed by atoms with Crippen molar-refractivity contribution in [2.75, 3.05) is 6.61 Å². The van der Waals surface area contributed by atoms with Gasteiger partial charge < -0.3 is 4.74 Å². The molecule has 1 heterocycles. The van der Waals surface area contributed by atoms with Crippen LogP contribution in [0.15, 0.2) is 6.07 Å². The molecule has 0 atom stereocenters. The normalized spacial score (nSPS) is 9.90. The van der Waals surface area contributed by atoms with Gasteiger partial charge in [0.25, 0.3) is 0 Å². The topological polar surface area (TPSA) is 27.1 Å². The summed E-state index contributed by atoms with van der Waals surface area (Å²) in [4.78, 5) is 0. The van der Waals surface area contributed by atoms with E-state index in [2.05, 4.69) is 12.0 Å². The number of hydrogen-bond donors (Lipinski definition) is 0. The highest BCUT2D eigenvalue weighted by Gasteiger charge is 1.99. The SMILES string of the molecule is [CH2]c1cc(OCC)n(C)n1. The minimum atomic E-state index is 0.666. The van der Waals surface area contributed by atoms with E-state index >= 15 is 0 Å². The Hall–Kier alpha value is -0.990. The molecule has 1 aromatic heterocycles. The molecule has 0 saturated heterocycles. The van der Waals surface area contributed by atoms with Crippen LogP contribution in [0.4, 0.5) is 0 Å². The molecule has 1 rings (SSSR count). The second-order valence-corrected chi connectivity index (χ2v) is 2.03. The third-order valence-electron chi connectivity index (χ3n) is 1.18. The smallest absolute Gasteiger partial charge is 0.211 e. The van der Waals surface area contributed by atoms with Gasteiger partial charge in [-0.15, -0.1) is 0 Å². The first-order chi connectivity index (χ1) is 4.74. The number of rotatable bonds is 2. The molecule has 0 fully saturated rings. The van der Waals surface area contributed by atoms with E-state index < -0.39 is 0 Å². The third kappa shape index (κ3) is 1.29. The van der Waals surface area contributed by atoms with Crippen LogP contribution in [-0.2, 0) is 7.05 Å². The van der Waals surface area contributed by atoms with Crippen LogP contribution in [0.5, 0.6) is 5.88 Å². The van der Waals surface area contributed by atoms with E-state index in [0.29, 0.717) is 6.61 Å². The molecule has 0 spiro atoms. The lowest BCUT2D eigenvalue weighted by molar-refractivity contribution is 0.309. The summed E-state index contributed by atoms with van der Waals surface area (Å²) in [5, 5.41) is 4.01. The van der Waals surface area contributed by atoms with Gasteiger partial charge in [-0.05, 0) is 13.8 Å². The van der Waals surface area contributed by atoms with Crippen LogP contribution in [0, 0.1) is 6.92 Å². The first-order valence-corrected chi connectivity index (χ1v) is 3.23. The monoisotopic (exact) mass is 139 g/mol. The molecular weight excluding hydrogens is 128 g/mol. The zero-order valence-corrected chi connectivity index (χ0v) is 6.29. The van der Waals surface area contributed by atoms with Gasteiger partial charge in [0.15, 0.2) is 0 Å². The third-order valence-corrected chi connectivity index (χ3v) is 1.18. The number of nitrogens with zero attached hydrogens (tertiary/aromatic N) is 2. The fraction of sp³-hybridized carbons (Fsp3) is 0.429. The van der Waals surface area contributed by atoms with Crippen LogP contribution in [0.25, 0.3) is 0 Å². The second-order valence-electron chi connectivity index (χ2n) is 2.03. The summed E-state index contributed by atoms with van der Waals surface area (Å²) in [6.45, 7) is 6.28. The van der Waals surface area contributed by atoms with Crippen molar-refractivity contribution in [1.29, 1.82) is 0 Å². The Kier molecular flexibility index (Phi) is 1.94. The molecule has 55 valence electrons. The van der Waals surface area contributed by atoms with E-state index in [-0.39, 0.29) is 0 Å². The molecule has 3 heteroatoms. The molecule has 0 aromatic carbocycles. The lowest BCUT2D eigenvalue weighted by Crippen LogP contribution is -1.98. The van der Waals surface area contributed by atoms with Crippen molar-refractivity contribution in [2.24, 2.45) is 7.05 Å². The van der Waals surface area contributed by atoms with Gasteiger partial charge in [-0.25, -0.2) is 4.68 Å². The summed E-state index contributed by atoms with van der Waals surface area (Å²) in [6, 6.07) is 1.81. The van der Waals surface area contributed by atoms with Gasteiger partial charge in [0.05, 0.1) is 12.3 Å². The molecule has 0 aliphatic carbocycles. The molecule has 1 aromatic rings. The lowest BCUT2D eigenvalue weighted by atomic mass is 10.5. The highest BCUT2D eigenvalue weighted by atomic mass is 16.5. The molecule has 0 N–H and O–H groups in total. The molecule has 0 unspecified atom stereocenters. The van der Waals surface area contributed by atoms with E-state index in [1.54, 1.807) is 4.68 Å². The zero-order chi connectivity index (χ0) is 7.56. The molecule has 0 aliphatic heterocycles. The van der Waals surface area contributed by atoms with Crippen molar-refractivity contribution in [1.82, 2.24) is 9.78 Å². The van der Waals surface area contributed by atoms with E-state index in [1.807, 2.05) is 20.0 Å². The zero-order valence-electron chi connectivity index (χ0n) is 6.29. The van der Waals surface area contributed by atoms with Gasteiger partial charge in [-0.1, -0.05) is 0 Å². The lowest BCUT2D eigenvalue weighted by Gasteiger charge is -1.99. The predicted molar refractivity (Wildman–Crippen MR) is 38.8 cm³/mol. The summed E-state index contributed by atoms with van der Waals surface area (Å²) in [5.74, 6) is 0.771. The predicted octanol–water partition coefficient (Wildman–Crippen LogP) is 1.00. The Bertz CT molecular complexity index is 217. The Morgan fingerprint density at radius 3 is 2.90 bits per heavy atom. The Morgan fingerprint density at radius 2 is 2.50 bits per heavy atom. The van der Waals surface area contributed by atoms with Gasteiger partial charge in [-0.3, -0.25) is 0 Å². The molecule has 0 bridgehead atoms. The molecule has 0 aliphatic rings. The summed E-state index contributed by atoms with van der Waals surface area (Å²) >= 11 is 0. The van der Waals surface area contributed by atoms with Gasteiger partial charge in [0.1, 0.15) is 0 Å². The first kappa shape index (κ1) is 7.12. The van der Waals surface area contributed by atoms with Gasteiger partial charge >= 0.3 is 0 Å². The maximum absolute atomic E-state index is 5.22. The van der Waals surface area contributed by atoms with E-state index in [0.717, 1.165) is 11.6 Å². The maximum Gasteiger partial charge on any atom is 0.211 e. The fourth-order valence-corrected chi connectivity index (χ4v) is 0.790. The molecular formula is C7H11N2O. The van der Waals surface area contributed by atoms with Crippen molar-refractivity contribution in [3.8, 4) is 5.88 Å². The van der Waals surface area contributed by atoms with Crippen molar-refractivity contribution < 1.29 is 4.74 Å². The van der Waals surface area contributed by atoms with Gasteiger partial charge in [0, 0.05) is 13.1 Å². The Balaban J connectivity index is 2.81. The van der Waals surface area contributed by atoms with Crippen LogP contribution in [0.3, 0.4) is 0 Å². The van der Waals surface area contributed by atoms with E-state index in [9.17, 15) is 0 Å². The fourth-order valence-electron chi connectivity index (χ4n) is 0.790. The summed E-state index contributed by atoms with van der Waals surface area (Å²) in [5.41, 5.74) is 0.742. The highest BCUT2D eigenvalue weighted by molar-refractivity contribution is 5.17. The largest absolute Gasteiger partial charge is 0.478 e. The summed E-state index contributed by atoms with van der Waals surface area (Å²) in [6.07, 6.45) is 0. The van der Waals surface area contributed by atoms with Crippen LogP contribution in [0.1, 0.15) is 12.6 Å². The standard InChI is InChI=1S/C7H11N2O/c1-4-10-7-5-6(2)8-9(7)3/h5H,2,4H2,1,3H3. The van der Waals surface area contributed by atoms with E-state index in [4.69, 9.17) is 4.74 Å². The minimum Gasteiger partial charge on any atom is -0.478 e. The van der Waals surface area contributed by atoms with Crippen molar-refractivity contribution in [2.45, 2.75) is 6.92 Å². The summed E-state index contributed by atoms with van der Waals surface area (Å²) < 4.78 is 6.89. The minimum absolute atomic E-state index is 0.666. The molecule has 3 nitrogen and oxygen atoms in total. The molecule has 0 amide bonds. The number of hydrogen-bond acceptors (Lipinski definition) is 2. The van der Waals surface area contributed by atoms with Crippen LogP contribution in [0.2, 0.25) is 0 Å². The van der Waals surface area contributed by atoms with Crippen LogP contribution >= 0.6 is 0 Å². The average Bonchev–Trinajstić information content (AvgIpc) is 2.13. The van der Waals surface area contributed by atoms with Crippen molar-refractivity contribution >= 4 is 0 Å². The van der Waals surface area contributed by atoms with Gasteiger partial charge in [0.2, 0.25) is 5.88 Å². The number of aryl methyl sites for hydroxylation is 1. The van der Waals surface area contributed by atoms with Crippen LogP contribution < -0.4 is 4.74 Å². The molecule has 1 radical (unpaired) electrons.